The Morgan fingerprint density at radius 2 is 2.22 bits per heavy atom. The third-order valence-corrected chi connectivity index (χ3v) is 1.12. The summed E-state index contributed by atoms with van der Waals surface area (Å²) >= 11 is 0. The second kappa shape index (κ2) is 5.61. The zero-order valence-electron chi connectivity index (χ0n) is 5.51. The minimum absolute atomic E-state index is 0.300. The monoisotopic (exact) mass is 127 g/mol. The van der Waals surface area contributed by atoms with E-state index in [2.05, 4.69) is 5.92 Å². The van der Waals surface area contributed by atoms with Gasteiger partial charge in [0.1, 0.15) is 0 Å². The third kappa shape index (κ3) is 5.35. The van der Waals surface area contributed by atoms with Crippen LogP contribution in [0.2, 0.25) is 0 Å². The van der Waals surface area contributed by atoms with E-state index in [1.54, 1.807) is 0 Å². The maximum atomic E-state index is 9.00. The first-order chi connectivity index (χ1) is 4.31. The second-order valence-corrected chi connectivity index (χ2v) is 1.97. The summed E-state index contributed by atoms with van der Waals surface area (Å²) in [6.45, 7) is 0.533. The summed E-state index contributed by atoms with van der Waals surface area (Å²) in [6.07, 6.45) is 6.65. The Bertz CT molecular complexity index is 95.6. The first kappa shape index (κ1) is 8.48. The lowest BCUT2D eigenvalue weighted by atomic mass is 10.1. The summed E-state index contributed by atoms with van der Waals surface area (Å²) in [5.74, 6) is 2.46. The second-order valence-electron chi connectivity index (χ2n) is 1.97. The smallest absolute Gasteiger partial charge is 0.0561 e. The molecule has 9 heavy (non-hydrogen) atoms. The van der Waals surface area contributed by atoms with Crippen molar-refractivity contribution in [1.29, 1.82) is 0 Å². The lowest BCUT2D eigenvalue weighted by Gasteiger charge is -2.04. The van der Waals surface area contributed by atoms with Crippen molar-refractivity contribution in [3.05, 3.63) is 0 Å². The van der Waals surface area contributed by atoms with Gasteiger partial charge in [-0.05, 0) is 19.4 Å². The van der Waals surface area contributed by atoms with Crippen LogP contribution in [0.3, 0.4) is 0 Å². The Kier molecular flexibility index (Phi) is 5.29. The van der Waals surface area contributed by atoms with Crippen LogP contribution in [0.5, 0.6) is 0 Å². The predicted molar refractivity (Wildman–Crippen MR) is 37.7 cm³/mol. The van der Waals surface area contributed by atoms with Gasteiger partial charge in [0.2, 0.25) is 0 Å². The summed E-state index contributed by atoms with van der Waals surface area (Å²) in [7, 11) is 0. The van der Waals surface area contributed by atoms with Gasteiger partial charge in [-0.1, -0.05) is 0 Å². The molecule has 0 saturated heterocycles. The van der Waals surface area contributed by atoms with E-state index < -0.39 is 0 Å². The normalized spacial score (nSPS) is 12.6. The summed E-state index contributed by atoms with van der Waals surface area (Å²) < 4.78 is 0. The number of hydrogen-bond donors (Lipinski definition) is 2. The van der Waals surface area contributed by atoms with Crippen molar-refractivity contribution in [2.75, 3.05) is 6.54 Å². The van der Waals surface area contributed by atoms with E-state index in [-0.39, 0.29) is 6.10 Å². The molecule has 3 N–H and O–H groups in total. The van der Waals surface area contributed by atoms with Crippen molar-refractivity contribution >= 4 is 0 Å². The van der Waals surface area contributed by atoms with E-state index in [0.29, 0.717) is 25.8 Å². The summed E-state index contributed by atoms with van der Waals surface area (Å²) in [4.78, 5) is 0. The molecule has 2 nitrogen and oxygen atoms in total. The highest BCUT2D eigenvalue weighted by atomic mass is 16.3. The molecule has 0 heterocycles. The van der Waals surface area contributed by atoms with Crippen LogP contribution in [0.25, 0.3) is 0 Å². The van der Waals surface area contributed by atoms with Crippen LogP contribution in [-0.2, 0) is 0 Å². The molecule has 0 amide bonds. The molecule has 0 aromatic rings. The molecule has 0 rings (SSSR count). The van der Waals surface area contributed by atoms with Crippen molar-refractivity contribution < 1.29 is 5.11 Å². The standard InChI is InChI=1S/C7H13NO/c1-2-3-4-7(9)5-6-8/h1,7,9H,3-6,8H2/t7-/m0/s1. The minimum Gasteiger partial charge on any atom is -0.393 e. The van der Waals surface area contributed by atoms with Crippen molar-refractivity contribution in [2.45, 2.75) is 25.4 Å². The van der Waals surface area contributed by atoms with Crippen molar-refractivity contribution in [2.24, 2.45) is 5.73 Å². The van der Waals surface area contributed by atoms with Gasteiger partial charge >= 0.3 is 0 Å². The molecule has 0 aliphatic carbocycles. The van der Waals surface area contributed by atoms with Gasteiger partial charge < -0.3 is 10.8 Å². The first-order valence-electron chi connectivity index (χ1n) is 3.13. The van der Waals surface area contributed by atoms with Gasteiger partial charge in [0.15, 0.2) is 0 Å². The fourth-order valence-corrected chi connectivity index (χ4v) is 0.587. The highest BCUT2D eigenvalue weighted by Crippen LogP contribution is 1.98. The number of hydrogen-bond acceptors (Lipinski definition) is 2. The van der Waals surface area contributed by atoms with Gasteiger partial charge in [0.25, 0.3) is 0 Å². The maximum absolute atomic E-state index is 9.00. The molecule has 2 heteroatoms. The molecule has 0 bridgehead atoms. The van der Waals surface area contributed by atoms with Gasteiger partial charge in [-0.3, -0.25) is 0 Å². The molecule has 0 aliphatic rings. The van der Waals surface area contributed by atoms with E-state index in [4.69, 9.17) is 17.3 Å². The molecule has 0 unspecified atom stereocenters. The SMILES string of the molecule is C#CCC[C@H](O)CCN. The summed E-state index contributed by atoms with van der Waals surface area (Å²) in [6, 6.07) is 0. The van der Waals surface area contributed by atoms with Crippen molar-refractivity contribution in [1.82, 2.24) is 0 Å². The Labute approximate surface area is 56.1 Å². The first-order valence-corrected chi connectivity index (χ1v) is 3.13. The number of terminal acetylenes is 1. The fraction of sp³-hybridized carbons (Fsp3) is 0.714. The van der Waals surface area contributed by atoms with E-state index in [1.807, 2.05) is 0 Å². The quantitative estimate of drug-likeness (QED) is 0.526. The number of aliphatic hydroxyl groups is 1. The molecule has 0 aromatic carbocycles. The van der Waals surface area contributed by atoms with E-state index in [9.17, 15) is 0 Å². The molecule has 0 aromatic heterocycles. The molecule has 0 fully saturated rings. The Hall–Kier alpha value is -0.520. The third-order valence-electron chi connectivity index (χ3n) is 1.12. The molecule has 0 aliphatic heterocycles. The molecule has 0 saturated carbocycles. The van der Waals surface area contributed by atoms with E-state index in [1.165, 1.54) is 0 Å². The van der Waals surface area contributed by atoms with E-state index in [0.717, 1.165) is 0 Å². The lowest BCUT2D eigenvalue weighted by Crippen LogP contribution is -2.12. The molecular formula is C7H13NO. The van der Waals surface area contributed by atoms with Crippen LogP contribution in [0.1, 0.15) is 19.3 Å². The molecule has 0 spiro atoms. The number of aliphatic hydroxyl groups excluding tert-OH is 1. The van der Waals surface area contributed by atoms with Gasteiger partial charge in [0, 0.05) is 6.42 Å². The van der Waals surface area contributed by atoms with Gasteiger partial charge in [-0.25, -0.2) is 0 Å². The van der Waals surface area contributed by atoms with E-state index >= 15 is 0 Å². The zero-order chi connectivity index (χ0) is 7.11. The van der Waals surface area contributed by atoms with Crippen LogP contribution >= 0.6 is 0 Å². The van der Waals surface area contributed by atoms with Crippen molar-refractivity contribution in [3.63, 3.8) is 0 Å². The van der Waals surface area contributed by atoms with Crippen LogP contribution in [-0.4, -0.2) is 17.8 Å². The molecule has 0 radical (unpaired) electrons. The Morgan fingerprint density at radius 3 is 2.67 bits per heavy atom. The van der Waals surface area contributed by atoms with Gasteiger partial charge in [-0.2, -0.15) is 0 Å². The largest absolute Gasteiger partial charge is 0.393 e. The Morgan fingerprint density at radius 1 is 1.56 bits per heavy atom. The van der Waals surface area contributed by atoms with Gasteiger partial charge in [-0.15, -0.1) is 12.3 Å². The molecule has 52 valence electrons. The highest BCUT2D eigenvalue weighted by Gasteiger charge is 1.99. The minimum atomic E-state index is -0.300. The maximum Gasteiger partial charge on any atom is 0.0561 e. The van der Waals surface area contributed by atoms with Gasteiger partial charge in [0.05, 0.1) is 6.10 Å². The number of rotatable bonds is 4. The Balaban J connectivity index is 3.07. The predicted octanol–water partition coefficient (Wildman–Crippen LogP) is 0.110. The average molecular weight is 127 g/mol. The molecule has 1 atom stereocenters. The average Bonchev–Trinajstić information content (AvgIpc) is 1.85. The van der Waals surface area contributed by atoms with Crippen molar-refractivity contribution in [3.8, 4) is 12.3 Å². The summed E-state index contributed by atoms with van der Waals surface area (Å²) in [5.41, 5.74) is 5.19. The van der Waals surface area contributed by atoms with Crippen LogP contribution in [0.15, 0.2) is 0 Å². The summed E-state index contributed by atoms with van der Waals surface area (Å²) in [5, 5.41) is 9.00. The fourth-order valence-electron chi connectivity index (χ4n) is 0.587. The number of nitrogens with two attached hydrogens (primary N) is 1. The lowest BCUT2D eigenvalue weighted by molar-refractivity contribution is 0.159. The topological polar surface area (TPSA) is 46.2 Å². The van der Waals surface area contributed by atoms with Crippen LogP contribution in [0, 0.1) is 12.3 Å². The highest BCUT2D eigenvalue weighted by molar-refractivity contribution is 4.84. The molecular weight excluding hydrogens is 114 g/mol. The van der Waals surface area contributed by atoms with Crippen LogP contribution < -0.4 is 5.73 Å². The van der Waals surface area contributed by atoms with Crippen LogP contribution in [0.4, 0.5) is 0 Å². The zero-order valence-corrected chi connectivity index (χ0v) is 5.51.